The molecular formula is C33H27P. The third kappa shape index (κ3) is 4.23. The molecule has 0 heterocycles. The van der Waals surface area contributed by atoms with Crippen LogP contribution in [0.4, 0.5) is 0 Å². The first kappa shape index (κ1) is 21.1. The molecule has 0 unspecified atom stereocenters. The first-order valence-electron chi connectivity index (χ1n) is 12.0. The van der Waals surface area contributed by atoms with Crippen molar-refractivity contribution >= 4 is 40.2 Å². The second-order valence-corrected chi connectivity index (χ2v) is 11.4. The summed E-state index contributed by atoms with van der Waals surface area (Å²) in [7, 11) is -0.309. The van der Waals surface area contributed by atoms with Crippen LogP contribution in [0.5, 0.6) is 0 Å². The Morgan fingerprint density at radius 3 is 0.971 bits per heavy atom. The average Bonchev–Trinajstić information content (AvgIpc) is 2.89. The highest BCUT2D eigenvalue weighted by Crippen LogP contribution is 2.49. The molecule has 0 nitrogen and oxygen atoms in total. The van der Waals surface area contributed by atoms with Crippen LogP contribution in [0.3, 0.4) is 0 Å². The van der Waals surface area contributed by atoms with Gasteiger partial charge in [-0.25, -0.2) is 0 Å². The summed E-state index contributed by atoms with van der Waals surface area (Å²) in [5.74, 6) is 0. The molecule has 0 saturated heterocycles. The molecule has 0 N–H and O–H groups in total. The number of benzene rings is 6. The second-order valence-electron chi connectivity index (χ2n) is 9.06. The van der Waals surface area contributed by atoms with Gasteiger partial charge in [-0.3, -0.25) is 0 Å². The zero-order chi connectivity index (χ0) is 22.7. The van der Waals surface area contributed by atoms with Crippen molar-refractivity contribution in [3.63, 3.8) is 0 Å². The van der Waals surface area contributed by atoms with E-state index in [4.69, 9.17) is 0 Å². The molecule has 6 aromatic carbocycles. The smallest absolute Gasteiger partial charge is 0.00610 e. The third-order valence-corrected chi connectivity index (χ3v) is 9.19. The molecule has 0 aliphatic carbocycles. The summed E-state index contributed by atoms with van der Waals surface area (Å²) < 4.78 is 0. The van der Waals surface area contributed by atoms with Gasteiger partial charge >= 0.3 is 0 Å². The van der Waals surface area contributed by atoms with Crippen molar-refractivity contribution in [2.75, 3.05) is 0 Å². The van der Waals surface area contributed by atoms with Gasteiger partial charge < -0.3 is 0 Å². The van der Waals surface area contributed by atoms with Crippen molar-refractivity contribution in [2.45, 2.75) is 18.5 Å². The lowest BCUT2D eigenvalue weighted by atomic mass is 10.1. The zero-order valence-corrected chi connectivity index (χ0v) is 20.1. The summed E-state index contributed by atoms with van der Waals surface area (Å²) in [6.45, 7) is 0. The van der Waals surface area contributed by atoms with Crippen LogP contribution in [0, 0.1) is 0 Å². The number of fused-ring (bicyclic) bond motifs is 3. The number of rotatable bonds is 6. The highest BCUT2D eigenvalue weighted by atomic mass is 31.1. The summed E-state index contributed by atoms with van der Waals surface area (Å²) in [4.78, 5) is 0. The summed E-state index contributed by atoms with van der Waals surface area (Å²) in [5.41, 5.74) is 4.43. The fraction of sp³-hybridized carbons (Fsp3) is 0.0909. The van der Waals surface area contributed by atoms with Crippen molar-refractivity contribution in [1.82, 2.24) is 0 Å². The van der Waals surface area contributed by atoms with Crippen molar-refractivity contribution in [3.8, 4) is 0 Å². The Balaban J connectivity index is 1.42. The van der Waals surface area contributed by atoms with Gasteiger partial charge in [0.2, 0.25) is 0 Å². The van der Waals surface area contributed by atoms with Crippen LogP contribution in [0.15, 0.2) is 127 Å². The van der Waals surface area contributed by atoms with E-state index >= 15 is 0 Å². The minimum atomic E-state index is -0.309. The van der Waals surface area contributed by atoms with Gasteiger partial charge in [0.1, 0.15) is 0 Å². The lowest BCUT2D eigenvalue weighted by Crippen LogP contribution is -1.96. The minimum absolute atomic E-state index is 0.309. The topological polar surface area (TPSA) is 0 Å². The Morgan fingerprint density at radius 2 is 0.618 bits per heavy atom. The molecule has 6 rings (SSSR count). The first-order chi connectivity index (χ1) is 16.8. The Hall–Kier alpha value is -3.47. The highest BCUT2D eigenvalue weighted by Gasteiger charge is 2.16. The van der Waals surface area contributed by atoms with Crippen molar-refractivity contribution < 1.29 is 0 Å². The maximum atomic E-state index is 2.34. The molecule has 0 aliphatic rings. The predicted molar refractivity (Wildman–Crippen MR) is 150 cm³/mol. The van der Waals surface area contributed by atoms with E-state index in [1.165, 1.54) is 49.0 Å². The molecule has 0 atom stereocenters. The van der Waals surface area contributed by atoms with Gasteiger partial charge in [-0.1, -0.05) is 135 Å². The van der Waals surface area contributed by atoms with Gasteiger partial charge in [0, 0.05) is 0 Å². The summed E-state index contributed by atoms with van der Waals surface area (Å²) in [6, 6.07) is 46.9. The summed E-state index contributed by atoms with van der Waals surface area (Å²) in [6.07, 6.45) is 3.38. The Kier molecular flexibility index (Phi) is 5.84. The van der Waals surface area contributed by atoms with E-state index in [-0.39, 0.29) is 7.92 Å². The fourth-order valence-corrected chi connectivity index (χ4v) is 7.79. The summed E-state index contributed by atoms with van der Waals surface area (Å²) in [5, 5.41) is 8.20. The standard InChI is InChI=1S/C33H27P/c1-4-19-31-25(10-1)13-7-16-28(31)22-34(23-29-17-8-14-26-11-2-5-20-32(26)29)24-30-18-9-15-27-12-3-6-21-33(27)30/h1-21H,22-24H2. The van der Waals surface area contributed by atoms with Crippen LogP contribution in [0.2, 0.25) is 0 Å². The van der Waals surface area contributed by atoms with E-state index in [0.29, 0.717) is 0 Å². The molecule has 0 bridgehead atoms. The maximum Gasteiger partial charge on any atom is -0.00610 e. The molecule has 6 aromatic rings. The normalized spacial score (nSPS) is 11.6. The molecule has 0 aliphatic heterocycles. The molecule has 1 heteroatoms. The monoisotopic (exact) mass is 454 g/mol. The molecule has 0 saturated carbocycles. The van der Waals surface area contributed by atoms with Crippen molar-refractivity contribution in [1.29, 1.82) is 0 Å². The number of hydrogen-bond acceptors (Lipinski definition) is 0. The summed E-state index contributed by atoms with van der Waals surface area (Å²) >= 11 is 0. The van der Waals surface area contributed by atoms with Gasteiger partial charge in [0.05, 0.1) is 0 Å². The third-order valence-electron chi connectivity index (χ3n) is 6.82. The number of hydrogen-bond donors (Lipinski definition) is 0. The predicted octanol–water partition coefficient (Wildman–Crippen LogP) is 9.53. The molecular weight excluding hydrogens is 427 g/mol. The minimum Gasteiger partial charge on any atom is -0.0932 e. The van der Waals surface area contributed by atoms with Crippen LogP contribution in [-0.2, 0) is 18.5 Å². The lowest BCUT2D eigenvalue weighted by Gasteiger charge is -2.21. The SMILES string of the molecule is c1ccc2c(CP(Cc3cccc4ccccc34)Cc3cccc4ccccc34)cccc2c1. The van der Waals surface area contributed by atoms with Gasteiger partial charge in [-0.05, 0) is 67.5 Å². The van der Waals surface area contributed by atoms with Gasteiger partial charge in [0.15, 0.2) is 0 Å². The van der Waals surface area contributed by atoms with E-state index in [1.54, 1.807) is 0 Å². The van der Waals surface area contributed by atoms with E-state index in [2.05, 4.69) is 127 Å². The molecule has 0 amide bonds. The van der Waals surface area contributed by atoms with Gasteiger partial charge in [0.25, 0.3) is 0 Å². The molecule has 34 heavy (non-hydrogen) atoms. The molecule has 0 spiro atoms. The van der Waals surface area contributed by atoms with Crippen LogP contribution in [0.25, 0.3) is 32.3 Å². The maximum absolute atomic E-state index is 2.34. The Morgan fingerprint density at radius 1 is 0.324 bits per heavy atom. The quantitative estimate of drug-likeness (QED) is 0.220. The Labute approximate surface area is 202 Å². The lowest BCUT2D eigenvalue weighted by molar-refractivity contribution is 1.29. The highest BCUT2D eigenvalue weighted by molar-refractivity contribution is 7.55. The Bertz CT molecular complexity index is 1390. The molecule has 0 fully saturated rings. The van der Waals surface area contributed by atoms with E-state index in [9.17, 15) is 0 Å². The van der Waals surface area contributed by atoms with Crippen LogP contribution in [-0.4, -0.2) is 0 Å². The van der Waals surface area contributed by atoms with Crippen LogP contribution in [0.1, 0.15) is 16.7 Å². The van der Waals surface area contributed by atoms with Crippen molar-refractivity contribution in [3.05, 3.63) is 144 Å². The van der Waals surface area contributed by atoms with Gasteiger partial charge in [-0.15, -0.1) is 0 Å². The fourth-order valence-electron chi connectivity index (χ4n) is 5.18. The van der Waals surface area contributed by atoms with Crippen LogP contribution < -0.4 is 0 Å². The van der Waals surface area contributed by atoms with Gasteiger partial charge in [-0.2, -0.15) is 0 Å². The molecule has 164 valence electrons. The van der Waals surface area contributed by atoms with Crippen LogP contribution >= 0.6 is 7.92 Å². The zero-order valence-electron chi connectivity index (χ0n) is 19.2. The average molecular weight is 455 g/mol. The largest absolute Gasteiger partial charge is 0.0932 e. The first-order valence-corrected chi connectivity index (χ1v) is 13.9. The van der Waals surface area contributed by atoms with E-state index < -0.39 is 0 Å². The molecule has 0 radical (unpaired) electrons. The molecule has 0 aromatic heterocycles. The van der Waals surface area contributed by atoms with E-state index in [1.807, 2.05) is 0 Å². The van der Waals surface area contributed by atoms with Crippen molar-refractivity contribution in [2.24, 2.45) is 0 Å². The second kappa shape index (κ2) is 9.41. The van der Waals surface area contributed by atoms with E-state index in [0.717, 1.165) is 18.5 Å².